The van der Waals surface area contributed by atoms with E-state index in [0.29, 0.717) is 22.0 Å². The third-order valence-electron chi connectivity index (χ3n) is 2.84. The highest BCUT2D eigenvalue weighted by Gasteiger charge is 2.12. The van der Waals surface area contributed by atoms with Crippen LogP contribution in [0.4, 0.5) is 0 Å². The third kappa shape index (κ3) is 4.22. The zero-order valence-corrected chi connectivity index (χ0v) is 12.5. The topological polar surface area (TPSA) is 50.1 Å². The fourth-order valence-corrected chi connectivity index (χ4v) is 2.21. The van der Waals surface area contributed by atoms with Crippen LogP contribution in [0.2, 0.25) is 10.0 Å². The smallest absolute Gasteiger partial charge is 0.311 e. The molecule has 106 valence electrons. The molecule has 2 rings (SSSR count). The Hall–Kier alpha value is -2.02. The van der Waals surface area contributed by atoms with Gasteiger partial charge >= 0.3 is 5.97 Å². The first-order chi connectivity index (χ1) is 10.1. The van der Waals surface area contributed by atoms with Crippen molar-refractivity contribution in [2.24, 2.45) is 0 Å². The maximum Gasteiger partial charge on any atom is 0.311 e. The van der Waals surface area contributed by atoms with Gasteiger partial charge < -0.3 is 4.74 Å². The van der Waals surface area contributed by atoms with Gasteiger partial charge in [0.25, 0.3) is 0 Å². The molecule has 2 aromatic rings. The second-order valence-electron chi connectivity index (χ2n) is 4.33. The van der Waals surface area contributed by atoms with Crippen molar-refractivity contribution in [2.45, 2.75) is 12.8 Å². The van der Waals surface area contributed by atoms with Gasteiger partial charge in [-0.2, -0.15) is 5.26 Å². The lowest BCUT2D eigenvalue weighted by Gasteiger charge is -2.08. The van der Waals surface area contributed by atoms with E-state index >= 15 is 0 Å². The molecule has 0 N–H and O–H groups in total. The van der Waals surface area contributed by atoms with Crippen LogP contribution in [0.5, 0.6) is 5.75 Å². The highest BCUT2D eigenvalue weighted by molar-refractivity contribution is 6.37. The monoisotopic (exact) mass is 319 g/mol. The maximum absolute atomic E-state index is 11.8. The number of nitriles is 1. The van der Waals surface area contributed by atoms with E-state index in [1.165, 1.54) is 0 Å². The van der Waals surface area contributed by atoms with Crippen LogP contribution in [0.25, 0.3) is 0 Å². The molecular weight excluding hydrogens is 309 g/mol. The van der Waals surface area contributed by atoms with Crippen LogP contribution in [0.3, 0.4) is 0 Å². The number of ether oxygens (including phenoxy) is 1. The average Bonchev–Trinajstić information content (AvgIpc) is 2.49. The Morgan fingerprint density at radius 2 is 1.71 bits per heavy atom. The highest BCUT2D eigenvalue weighted by Crippen LogP contribution is 2.32. The second-order valence-corrected chi connectivity index (χ2v) is 5.15. The van der Waals surface area contributed by atoms with E-state index in [2.05, 4.69) is 0 Å². The van der Waals surface area contributed by atoms with Gasteiger partial charge in [-0.3, -0.25) is 4.79 Å². The second kappa shape index (κ2) is 7.12. The van der Waals surface area contributed by atoms with Crippen molar-refractivity contribution < 1.29 is 9.53 Å². The molecule has 0 aliphatic carbocycles. The molecule has 2 aromatic carbocycles. The normalized spacial score (nSPS) is 9.95. The lowest BCUT2D eigenvalue weighted by Crippen LogP contribution is -2.09. The summed E-state index contributed by atoms with van der Waals surface area (Å²) in [4.78, 5) is 11.8. The van der Waals surface area contributed by atoms with Crippen molar-refractivity contribution in [3.8, 4) is 11.8 Å². The molecule has 0 aliphatic heterocycles. The van der Waals surface area contributed by atoms with E-state index in [0.717, 1.165) is 5.56 Å². The van der Waals surface area contributed by atoms with E-state index in [1.807, 2.05) is 18.2 Å². The number of hydrogen-bond acceptors (Lipinski definition) is 3. The molecule has 5 heteroatoms. The minimum absolute atomic E-state index is 0.186. The first-order valence-electron chi connectivity index (χ1n) is 6.24. The summed E-state index contributed by atoms with van der Waals surface area (Å²) in [6, 6.07) is 14.0. The van der Waals surface area contributed by atoms with E-state index in [9.17, 15) is 4.79 Å². The number of hydrogen-bond donors (Lipinski definition) is 0. The quantitative estimate of drug-likeness (QED) is 0.619. The molecule has 0 amide bonds. The van der Waals surface area contributed by atoms with Crippen LogP contribution in [0, 0.1) is 11.3 Å². The molecule has 0 bridgehead atoms. The Morgan fingerprint density at radius 1 is 1.10 bits per heavy atom. The number of esters is 1. The standard InChI is InChI=1S/C16H11Cl2NO2/c17-13-2-1-3-14(18)16(13)21-15(20)9-8-11-4-6-12(10-19)7-5-11/h1-7H,8-9H2. The molecule has 0 spiro atoms. The van der Waals surface area contributed by atoms with E-state index in [1.54, 1.807) is 30.3 Å². The van der Waals surface area contributed by atoms with Crippen LogP contribution in [-0.4, -0.2) is 5.97 Å². The van der Waals surface area contributed by atoms with Gasteiger partial charge in [-0.15, -0.1) is 0 Å². The van der Waals surface area contributed by atoms with Crippen LogP contribution >= 0.6 is 23.2 Å². The molecule has 0 saturated carbocycles. The Balaban J connectivity index is 1.94. The number of halogens is 2. The van der Waals surface area contributed by atoms with E-state index in [4.69, 9.17) is 33.2 Å². The number of rotatable bonds is 4. The Bertz CT molecular complexity index is 670. The molecule has 0 saturated heterocycles. The zero-order chi connectivity index (χ0) is 15.2. The molecule has 3 nitrogen and oxygen atoms in total. The van der Waals surface area contributed by atoms with Gasteiger partial charge in [0.05, 0.1) is 21.7 Å². The van der Waals surface area contributed by atoms with Gasteiger partial charge in [0.1, 0.15) is 0 Å². The number of carbonyl (C=O) groups excluding carboxylic acids is 1. The van der Waals surface area contributed by atoms with Gasteiger partial charge in [-0.25, -0.2) is 0 Å². The number of nitrogens with zero attached hydrogens (tertiary/aromatic N) is 1. The fraction of sp³-hybridized carbons (Fsp3) is 0.125. The van der Waals surface area contributed by atoms with Crippen molar-refractivity contribution in [3.05, 3.63) is 63.6 Å². The zero-order valence-electron chi connectivity index (χ0n) is 11.0. The summed E-state index contributed by atoms with van der Waals surface area (Å²) in [6.45, 7) is 0. The lowest BCUT2D eigenvalue weighted by molar-refractivity contribution is -0.134. The maximum atomic E-state index is 11.8. The van der Waals surface area contributed by atoms with Crippen LogP contribution in [0.1, 0.15) is 17.5 Å². The summed E-state index contributed by atoms with van der Waals surface area (Å²) in [5, 5.41) is 9.31. The number of para-hydroxylation sites is 1. The van der Waals surface area contributed by atoms with Crippen molar-refractivity contribution in [1.29, 1.82) is 5.26 Å². The van der Waals surface area contributed by atoms with Gasteiger partial charge in [0.2, 0.25) is 0 Å². The van der Waals surface area contributed by atoms with E-state index < -0.39 is 5.97 Å². The highest BCUT2D eigenvalue weighted by atomic mass is 35.5. The summed E-state index contributed by atoms with van der Waals surface area (Å²) in [6.07, 6.45) is 0.722. The molecule has 21 heavy (non-hydrogen) atoms. The predicted octanol–water partition coefficient (Wildman–Crippen LogP) is 4.40. The minimum Gasteiger partial charge on any atom is -0.423 e. The Kier molecular flexibility index (Phi) is 5.21. The van der Waals surface area contributed by atoms with Gasteiger partial charge in [-0.05, 0) is 36.2 Å². The molecule has 0 aliphatic rings. The first-order valence-corrected chi connectivity index (χ1v) is 6.99. The summed E-state index contributed by atoms with van der Waals surface area (Å²) in [5.41, 5.74) is 1.54. The number of carbonyl (C=O) groups is 1. The van der Waals surface area contributed by atoms with Crippen LogP contribution < -0.4 is 4.74 Å². The van der Waals surface area contributed by atoms with Crippen LogP contribution in [0.15, 0.2) is 42.5 Å². The van der Waals surface area contributed by atoms with Gasteiger partial charge in [-0.1, -0.05) is 41.4 Å². The summed E-state index contributed by atoms with van der Waals surface area (Å²) < 4.78 is 5.19. The predicted molar refractivity (Wildman–Crippen MR) is 81.6 cm³/mol. The Labute approximate surface area is 132 Å². The van der Waals surface area contributed by atoms with Gasteiger partial charge in [0, 0.05) is 6.42 Å². The lowest BCUT2D eigenvalue weighted by atomic mass is 10.1. The molecule has 0 atom stereocenters. The number of aryl methyl sites for hydroxylation is 1. The summed E-state index contributed by atoms with van der Waals surface area (Å²) in [7, 11) is 0. The molecule has 0 unspecified atom stereocenters. The molecule has 0 fully saturated rings. The molecule has 0 heterocycles. The average molecular weight is 320 g/mol. The van der Waals surface area contributed by atoms with Crippen molar-refractivity contribution in [3.63, 3.8) is 0 Å². The molecular formula is C16H11Cl2NO2. The fourth-order valence-electron chi connectivity index (χ4n) is 1.74. The van der Waals surface area contributed by atoms with E-state index in [-0.39, 0.29) is 12.2 Å². The SMILES string of the molecule is N#Cc1ccc(CCC(=O)Oc2c(Cl)cccc2Cl)cc1. The van der Waals surface area contributed by atoms with Gasteiger partial charge in [0.15, 0.2) is 5.75 Å². The largest absolute Gasteiger partial charge is 0.423 e. The number of benzene rings is 2. The van der Waals surface area contributed by atoms with Crippen molar-refractivity contribution in [1.82, 2.24) is 0 Å². The Morgan fingerprint density at radius 3 is 2.29 bits per heavy atom. The summed E-state index contributed by atoms with van der Waals surface area (Å²) >= 11 is 11.9. The third-order valence-corrected chi connectivity index (χ3v) is 3.43. The minimum atomic E-state index is -0.408. The summed E-state index contributed by atoms with van der Waals surface area (Å²) in [5.74, 6) is -0.222. The molecule has 0 aromatic heterocycles. The van der Waals surface area contributed by atoms with Crippen molar-refractivity contribution >= 4 is 29.2 Å². The van der Waals surface area contributed by atoms with Crippen LogP contribution in [-0.2, 0) is 11.2 Å². The molecule has 0 radical (unpaired) electrons. The van der Waals surface area contributed by atoms with Crippen molar-refractivity contribution in [2.75, 3.05) is 0 Å². The first kappa shape index (κ1) is 15.4.